The number of hydrogen-bond donors (Lipinski definition) is 1. The fourth-order valence-corrected chi connectivity index (χ4v) is 8.97. The van der Waals surface area contributed by atoms with E-state index >= 15 is 0 Å². The van der Waals surface area contributed by atoms with Crippen LogP contribution in [0.3, 0.4) is 0 Å². The summed E-state index contributed by atoms with van der Waals surface area (Å²) in [6.07, 6.45) is 7.05. The van der Waals surface area contributed by atoms with E-state index in [4.69, 9.17) is 4.74 Å². The van der Waals surface area contributed by atoms with E-state index in [0.717, 1.165) is 44.9 Å². The Balaban J connectivity index is 1.64. The summed E-state index contributed by atoms with van der Waals surface area (Å²) in [4.78, 5) is 35.9. The lowest BCUT2D eigenvalue weighted by Crippen LogP contribution is -2.57. The van der Waals surface area contributed by atoms with Gasteiger partial charge in [-0.25, -0.2) is 0 Å². The largest absolute Gasteiger partial charge is 0.462 e. The van der Waals surface area contributed by atoms with Crippen molar-refractivity contribution in [1.29, 1.82) is 0 Å². The van der Waals surface area contributed by atoms with Crippen LogP contribution in [0.1, 0.15) is 92.4 Å². The molecule has 10 atom stereocenters. The predicted octanol–water partition coefficient (Wildman–Crippen LogP) is 4.73. The Bertz CT molecular complexity index is 776. The number of carbonyl (C=O) groups is 3. The average Bonchev–Trinajstić information content (AvgIpc) is 2.98. The maximum atomic E-state index is 12.4. The molecule has 4 aliphatic rings. The zero-order chi connectivity index (χ0) is 23.4. The van der Waals surface area contributed by atoms with Gasteiger partial charge in [0.25, 0.3) is 0 Å². The summed E-state index contributed by atoms with van der Waals surface area (Å²) in [6, 6.07) is 0. The summed E-state index contributed by atoms with van der Waals surface area (Å²) < 4.78 is 5.90. The maximum absolute atomic E-state index is 12.4. The van der Waals surface area contributed by atoms with Crippen molar-refractivity contribution in [3.8, 4) is 0 Å². The third kappa shape index (κ3) is 3.76. The number of aliphatic hydroxyl groups is 1. The molecular formula is C27H42O5. The van der Waals surface area contributed by atoms with Crippen LogP contribution in [0.2, 0.25) is 0 Å². The second-order valence-corrected chi connectivity index (χ2v) is 12.1. The summed E-state index contributed by atoms with van der Waals surface area (Å²) in [5, 5.41) is 10.2. The summed E-state index contributed by atoms with van der Waals surface area (Å²) in [6.45, 7) is 10.0. The zero-order valence-electron chi connectivity index (χ0n) is 20.6. The van der Waals surface area contributed by atoms with Crippen LogP contribution in [0.4, 0.5) is 0 Å². The number of ketones is 2. The highest BCUT2D eigenvalue weighted by molar-refractivity contribution is 5.80. The normalized spacial score (nSPS) is 46.6. The van der Waals surface area contributed by atoms with Crippen LogP contribution < -0.4 is 0 Å². The van der Waals surface area contributed by atoms with Crippen molar-refractivity contribution in [3.05, 3.63) is 0 Å². The Morgan fingerprint density at radius 3 is 2.53 bits per heavy atom. The number of Topliss-reactive ketones (excluding diaryl/α,β-unsaturated/α-hetero) is 2. The van der Waals surface area contributed by atoms with Crippen LogP contribution >= 0.6 is 0 Å². The molecule has 4 rings (SSSR count). The number of hydrogen-bond acceptors (Lipinski definition) is 5. The lowest BCUT2D eigenvalue weighted by Gasteiger charge is -2.62. The Hall–Kier alpha value is -1.23. The van der Waals surface area contributed by atoms with Crippen LogP contribution in [0, 0.1) is 46.3 Å². The fourth-order valence-electron chi connectivity index (χ4n) is 8.97. The molecule has 4 saturated carbocycles. The number of carbonyl (C=O) groups excluding carboxylic acids is 3. The molecule has 0 amide bonds. The number of rotatable bonds is 5. The number of aliphatic hydroxyl groups excluding tert-OH is 1. The van der Waals surface area contributed by atoms with Gasteiger partial charge >= 0.3 is 5.97 Å². The second-order valence-electron chi connectivity index (χ2n) is 12.1. The van der Waals surface area contributed by atoms with Crippen molar-refractivity contribution in [2.75, 3.05) is 0 Å². The van der Waals surface area contributed by atoms with Crippen LogP contribution in [0.25, 0.3) is 0 Å². The van der Waals surface area contributed by atoms with Crippen LogP contribution in [-0.4, -0.2) is 34.9 Å². The molecule has 4 aliphatic carbocycles. The summed E-state index contributed by atoms with van der Waals surface area (Å²) in [5.74, 6) is 2.91. The summed E-state index contributed by atoms with van der Waals surface area (Å²) in [7, 11) is 0. The minimum absolute atomic E-state index is 0.0460. The van der Waals surface area contributed by atoms with Gasteiger partial charge in [0.15, 0.2) is 5.78 Å². The van der Waals surface area contributed by atoms with E-state index in [1.165, 1.54) is 13.8 Å². The van der Waals surface area contributed by atoms with Crippen LogP contribution in [-0.2, 0) is 19.1 Å². The molecule has 0 aliphatic heterocycles. The average molecular weight is 447 g/mol. The first-order valence-electron chi connectivity index (χ1n) is 12.9. The minimum Gasteiger partial charge on any atom is -0.462 e. The molecule has 0 bridgehead atoms. The molecule has 0 aromatic rings. The van der Waals surface area contributed by atoms with Gasteiger partial charge in [0.1, 0.15) is 18.0 Å². The SMILES string of the molecule is CC(=O)OC1CC(CCC(O)C(C)=O)[C@H]2[C@@H]3CCC4CC(=O)CC(C)[C@]4(C)[C@@H]3CC[C@]12C. The van der Waals surface area contributed by atoms with E-state index in [0.29, 0.717) is 54.1 Å². The molecule has 0 heterocycles. The van der Waals surface area contributed by atoms with E-state index in [1.54, 1.807) is 0 Å². The Morgan fingerprint density at radius 2 is 1.88 bits per heavy atom. The van der Waals surface area contributed by atoms with E-state index < -0.39 is 6.10 Å². The first-order chi connectivity index (χ1) is 15.0. The third-order valence-corrected chi connectivity index (χ3v) is 10.7. The van der Waals surface area contributed by atoms with Gasteiger partial charge in [-0.15, -0.1) is 0 Å². The number of ether oxygens (including phenoxy) is 1. The maximum Gasteiger partial charge on any atom is 0.302 e. The first kappa shape index (κ1) is 23.9. The molecule has 0 aromatic carbocycles. The fraction of sp³-hybridized carbons (Fsp3) is 0.889. The Labute approximate surface area is 193 Å². The van der Waals surface area contributed by atoms with Crippen molar-refractivity contribution in [3.63, 3.8) is 0 Å². The molecule has 1 N–H and O–H groups in total. The highest BCUT2D eigenvalue weighted by atomic mass is 16.5. The molecular weight excluding hydrogens is 404 g/mol. The quantitative estimate of drug-likeness (QED) is 0.618. The van der Waals surface area contributed by atoms with Gasteiger partial charge in [-0.05, 0) is 92.8 Å². The van der Waals surface area contributed by atoms with Crippen LogP contribution in [0.15, 0.2) is 0 Å². The second kappa shape index (κ2) is 8.52. The van der Waals surface area contributed by atoms with E-state index in [9.17, 15) is 19.5 Å². The van der Waals surface area contributed by atoms with Crippen molar-refractivity contribution in [1.82, 2.24) is 0 Å². The summed E-state index contributed by atoms with van der Waals surface area (Å²) in [5.41, 5.74) is 0.150. The topological polar surface area (TPSA) is 80.7 Å². The Morgan fingerprint density at radius 1 is 1.16 bits per heavy atom. The molecule has 4 fully saturated rings. The minimum atomic E-state index is -0.897. The molecule has 180 valence electrons. The van der Waals surface area contributed by atoms with Crippen molar-refractivity contribution in [2.45, 2.75) is 105 Å². The molecule has 0 radical (unpaired) electrons. The van der Waals surface area contributed by atoms with Gasteiger partial charge in [-0.3, -0.25) is 14.4 Å². The highest BCUT2D eigenvalue weighted by Crippen LogP contribution is 2.68. The van der Waals surface area contributed by atoms with E-state index in [1.807, 2.05) is 0 Å². The Kier molecular flexibility index (Phi) is 6.37. The molecule has 32 heavy (non-hydrogen) atoms. The number of fused-ring (bicyclic) bond motifs is 5. The van der Waals surface area contributed by atoms with Gasteiger partial charge in [-0.2, -0.15) is 0 Å². The van der Waals surface area contributed by atoms with E-state index in [2.05, 4.69) is 20.8 Å². The van der Waals surface area contributed by atoms with Gasteiger partial charge in [-0.1, -0.05) is 20.8 Å². The monoisotopic (exact) mass is 446 g/mol. The van der Waals surface area contributed by atoms with Crippen LogP contribution in [0.5, 0.6) is 0 Å². The molecule has 0 spiro atoms. The predicted molar refractivity (Wildman–Crippen MR) is 122 cm³/mol. The lowest BCUT2D eigenvalue weighted by atomic mass is 9.42. The van der Waals surface area contributed by atoms with Gasteiger partial charge in [0.2, 0.25) is 0 Å². The third-order valence-electron chi connectivity index (χ3n) is 10.7. The smallest absolute Gasteiger partial charge is 0.302 e. The molecule has 5 heteroatoms. The van der Waals surface area contributed by atoms with Crippen molar-refractivity contribution < 1.29 is 24.2 Å². The highest BCUT2D eigenvalue weighted by Gasteiger charge is 2.64. The standard InChI is InChI=1S/C27H42O5/c1-15-12-20(30)14-19-7-8-21-22(27(15,19)5)10-11-26(4)24(32-17(3)29)13-18(25(21)26)6-9-23(31)16(2)28/h15,18-19,21-25,31H,6-14H2,1-5H3/t15?,18?,19?,21-,22-,23?,24?,25+,26-,27+/m1/s1. The van der Waals surface area contributed by atoms with Gasteiger partial charge in [0, 0.05) is 25.2 Å². The molecule has 5 unspecified atom stereocenters. The van der Waals surface area contributed by atoms with Gasteiger partial charge in [0.05, 0.1) is 0 Å². The first-order valence-corrected chi connectivity index (χ1v) is 12.9. The summed E-state index contributed by atoms with van der Waals surface area (Å²) >= 11 is 0. The van der Waals surface area contributed by atoms with Crippen molar-refractivity contribution in [2.24, 2.45) is 46.3 Å². The lowest BCUT2D eigenvalue weighted by molar-refractivity contribution is -0.169. The number of esters is 1. The molecule has 0 aromatic heterocycles. The van der Waals surface area contributed by atoms with Gasteiger partial charge < -0.3 is 9.84 Å². The van der Waals surface area contributed by atoms with E-state index in [-0.39, 0.29) is 28.7 Å². The molecule has 5 nitrogen and oxygen atoms in total. The zero-order valence-corrected chi connectivity index (χ0v) is 20.6. The molecule has 0 saturated heterocycles. The van der Waals surface area contributed by atoms with Crippen molar-refractivity contribution >= 4 is 17.5 Å².